The van der Waals surface area contributed by atoms with Crippen molar-refractivity contribution in [1.29, 1.82) is 0 Å². The van der Waals surface area contributed by atoms with Gasteiger partial charge in [0.15, 0.2) is 6.61 Å². The lowest BCUT2D eigenvalue weighted by molar-refractivity contribution is -0.120. The van der Waals surface area contributed by atoms with Crippen LogP contribution in [0.2, 0.25) is 0 Å². The SMILES string of the molecule is [NH]C(=O)COc1ccc(O)cc1. The van der Waals surface area contributed by atoms with E-state index < -0.39 is 5.91 Å². The Hall–Kier alpha value is -1.71. The van der Waals surface area contributed by atoms with Crippen LogP contribution in [0, 0.1) is 0 Å². The fourth-order valence-corrected chi connectivity index (χ4v) is 0.691. The van der Waals surface area contributed by atoms with Crippen LogP contribution in [0.15, 0.2) is 24.3 Å². The molecule has 0 saturated heterocycles. The van der Waals surface area contributed by atoms with Crippen LogP contribution >= 0.6 is 0 Å². The van der Waals surface area contributed by atoms with E-state index in [-0.39, 0.29) is 12.4 Å². The van der Waals surface area contributed by atoms with Crippen LogP contribution in [-0.4, -0.2) is 17.6 Å². The minimum atomic E-state index is -0.775. The molecule has 0 fully saturated rings. The van der Waals surface area contributed by atoms with E-state index in [1.165, 1.54) is 24.3 Å². The van der Waals surface area contributed by atoms with Crippen molar-refractivity contribution in [2.24, 2.45) is 0 Å². The zero-order valence-electron chi connectivity index (χ0n) is 6.28. The molecule has 1 aromatic rings. The molecule has 1 radical (unpaired) electrons. The molecule has 0 aliphatic heterocycles. The second-order valence-electron chi connectivity index (χ2n) is 2.21. The average Bonchev–Trinajstić information content (AvgIpc) is 2.03. The molecule has 0 saturated carbocycles. The van der Waals surface area contributed by atoms with Gasteiger partial charge in [-0.25, -0.2) is 0 Å². The molecular weight excluding hydrogens is 158 g/mol. The topological polar surface area (TPSA) is 70.3 Å². The first-order chi connectivity index (χ1) is 5.68. The predicted octanol–water partition coefficient (Wildman–Crippen LogP) is 0.581. The monoisotopic (exact) mass is 166 g/mol. The van der Waals surface area contributed by atoms with Gasteiger partial charge >= 0.3 is 0 Å². The predicted molar refractivity (Wildman–Crippen MR) is 41.7 cm³/mol. The highest BCUT2D eigenvalue weighted by molar-refractivity contribution is 5.74. The standard InChI is InChI=1S/C8H8NO3/c9-8(11)5-12-7-3-1-6(10)2-4-7/h1-4,9-10H,5H2. The minimum Gasteiger partial charge on any atom is -0.508 e. The van der Waals surface area contributed by atoms with Gasteiger partial charge in [0.05, 0.1) is 0 Å². The Morgan fingerprint density at radius 3 is 2.50 bits per heavy atom. The number of benzene rings is 1. The van der Waals surface area contributed by atoms with E-state index in [1.54, 1.807) is 0 Å². The van der Waals surface area contributed by atoms with Gasteiger partial charge in [0, 0.05) is 0 Å². The molecule has 0 bridgehead atoms. The Morgan fingerprint density at radius 1 is 1.42 bits per heavy atom. The van der Waals surface area contributed by atoms with Crippen molar-refractivity contribution in [2.45, 2.75) is 0 Å². The Morgan fingerprint density at radius 2 is 2.00 bits per heavy atom. The number of carbonyl (C=O) groups is 1. The molecule has 2 N–H and O–H groups in total. The number of phenols is 1. The van der Waals surface area contributed by atoms with Crippen molar-refractivity contribution in [3.63, 3.8) is 0 Å². The second kappa shape index (κ2) is 3.61. The summed E-state index contributed by atoms with van der Waals surface area (Å²) in [6, 6.07) is 5.95. The largest absolute Gasteiger partial charge is 0.508 e. The molecule has 0 unspecified atom stereocenters. The number of amides is 1. The summed E-state index contributed by atoms with van der Waals surface area (Å²) < 4.78 is 4.87. The summed E-state index contributed by atoms with van der Waals surface area (Å²) >= 11 is 0. The van der Waals surface area contributed by atoms with Gasteiger partial charge in [-0.15, -0.1) is 0 Å². The molecule has 4 nitrogen and oxygen atoms in total. The van der Waals surface area contributed by atoms with E-state index in [1.807, 2.05) is 0 Å². The summed E-state index contributed by atoms with van der Waals surface area (Å²) in [6.45, 7) is -0.259. The molecule has 0 spiro atoms. The smallest absolute Gasteiger partial charge is 0.276 e. The first-order valence-corrected chi connectivity index (χ1v) is 3.35. The summed E-state index contributed by atoms with van der Waals surface area (Å²) in [5, 5.41) is 8.87. The van der Waals surface area contributed by atoms with Gasteiger partial charge < -0.3 is 9.84 Å². The molecule has 1 rings (SSSR count). The van der Waals surface area contributed by atoms with E-state index in [9.17, 15) is 4.79 Å². The third kappa shape index (κ3) is 2.49. The normalized spacial score (nSPS) is 9.33. The Kier molecular flexibility index (Phi) is 2.53. The summed E-state index contributed by atoms with van der Waals surface area (Å²) in [6.07, 6.45) is 0. The highest BCUT2D eigenvalue weighted by Crippen LogP contribution is 2.15. The van der Waals surface area contributed by atoms with Crippen LogP contribution in [-0.2, 0) is 4.79 Å². The summed E-state index contributed by atoms with van der Waals surface area (Å²) in [4.78, 5) is 10.2. The molecule has 63 valence electrons. The molecule has 1 amide bonds. The summed E-state index contributed by atoms with van der Waals surface area (Å²) in [5.41, 5.74) is 6.56. The lowest BCUT2D eigenvalue weighted by atomic mass is 10.3. The fraction of sp³-hybridized carbons (Fsp3) is 0.125. The maximum absolute atomic E-state index is 10.2. The van der Waals surface area contributed by atoms with E-state index in [0.717, 1.165) is 0 Å². The maximum atomic E-state index is 10.2. The number of hydrogen-bond donors (Lipinski definition) is 1. The zero-order chi connectivity index (χ0) is 8.97. The number of ether oxygens (including phenoxy) is 1. The van der Waals surface area contributed by atoms with E-state index in [2.05, 4.69) is 0 Å². The molecule has 0 heterocycles. The third-order valence-corrected chi connectivity index (χ3v) is 1.21. The molecular formula is C8H8NO3. The van der Waals surface area contributed by atoms with Gasteiger partial charge in [-0.2, -0.15) is 0 Å². The van der Waals surface area contributed by atoms with Crippen molar-refractivity contribution < 1.29 is 14.6 Å². The molecule has 0 atom stereocenters. The van der Waals surface area contributed by atoms with Gasteiger partial charge in [-0.1, -0.05) is 0 Å². The van der Waals surface area contributed by atoms with E-state index >= 15 is 0 Å². The quantitative estimate of drug-likeness (QED) is 0.713. The number of aromatic hydroxyl groups is 1. The highest BCUT2D eigenvalue weighted by Gasteiger charge is 1.97. The summed E-state index contributed by atoms with van der Waals surface area (Å²) in [5.74, 6) is -0.170. The van der Waals surface area contributed by atoms with Gasteiger partial charge in [0.25, 0.3) is 5.91 Å². The number of carbonyl (C=O) groups excluding carboxylic acids is 1. The molecule has 1 aromatic carbocycles. The Labute approximate surface area is 69.6 Å². The van der Waals surface area contributed by atoms with Crippen molar-refractivity contribution in [3.8, 4) is 11.5 Å². The maximum Gasteiger partial charge on any atom is 0.276 e. The molecule has 4 heteroatoms. The van der Waals surface area contributed by atoms with Gasteiger partial charge in [-0.05, 0) is 24.3 Å². The van der Waals surface area contributed by atoms with Crippen LogP contribution in [0.1, 0.15) is 0 Å². The van der Waals surface area contributed by atoms with Crippen molar-refractivity contribution in [1.82, 2.24) is 5.73 Å². The van der Waals surface area contributed by atoms with E-state index in [4.69, 9.17) is 15.6 Å². The van der Waals surface area contributed by atoms with Crippen LogP contribution in [0.25, 0.3) is 0 Å². The number of nitrogens with one attached hydrogen (secondary N) is 1. The van der Waals surface area contributed by atoms with Crippen LogP contribution in [0.3, 0.4) is 0 Å². The molecule has 0 aliphatic carbocycles. The Balaban J connectivity index is 2.53. The Bertz CT molecular complexity index is 268. The molecule has 0 aromatic heterocycles. The lowest BCUT2D eigenvalue weighted by Crippen LogP contribution is -2.10. The first-order valence-electron chi connectivity index (χ1n) is 3.35. The number of rotatable bonds is 3. The van der Waals surface area contributed by atoms with Crippen molar-refractivity contribution >= 4 is 5.91 Å². The molecule has 0 aliphatic rings. The highest BCUT2D eigenvalue weighted by atomic mass is 16.5. The van der Waals surface area contributed by atoms with Crippen LogP contribution in [0.4, 0.5) is 0 Å². The van der Waals surface area contributed by atoms with Gasteiger partial charge in [0.1, 0.15) is 11.5 Å². The first kappa shape index (κ1) is 8.39. The van der Waals surface area contributed by atoms with Crippen molar-refractivity contribution in [3.05, 3.63) is 24.3 Å². The number of hydrogen-bond acceptors (Lipinski definition) is 3. The van der Waals surface area contributed by atoms with E-state index in [0.29, 0.717) is 5.75 Å². The fourth-order valence-electron chi connectivity index (χ4n) is 0.691. The van der Waals surface area contributed by atoms with Crippen LogP contribution in [0.5, 0.6) is 11.5 Å². The minimum absolute atomic E-state index is 0.138. The summed E-state index contributed by atoms with van der Waals surface area (Å²) in [7, 11) is 0. The average molecular weight is 166 g/mol. The van der Waals surface area contributed by atoms with Gasteiger partial charge in [0.2, 0.25) is 0 Å². The zero-order valence-corrected chi connectivity index (χ0v) is 6.28. The van der Waals surface area contributed by atoms with Gasteiger partial charge in [-0.3, -0.25) is 10.5 Å². The lowest BCUT2D eigenvalue weighted by Gasteiger charge is -2.01. The van der Waals surface area contributed by atoms with Crippen LogP contribution < -0.4 is 10.5 Å². The van der Waals surface area contributed by atoms with Crippen molar-refractivity contribution in [2.75, 3.05) is 6.61 Å². The molecule has 12 heavy (non-hydrogen) atoms. The third-order valence-electron chi connectivity index (χ3n) is 1.21. The number of phenolic OH excluding ortho intramolecular Hbond substituents is 1. The second-order valence-corrected chi connectivity index (χ2v) is 2.21.